The van der Waals surface area contributed by atoms with E-state index in [1.54, 1.807) is 6.08 Å². The number of thioether (sulfide) groups is 1. The smallest absolute Gasteiger partial charge is 0.339 e. The lowest BCUT2D eigenvalue weighted by Gasteiger charge is -2.01. The highest BCUT2D eigenvalue weighted by Gasteiger charge is 2.24. The number of amidine groups is 1. The third kappa shape index (κ3) is 4.09. The molecule has 1 aliphatic rings. The standard InChI is InChI=1S/C17H11BrN2O4S/c18-10-3-1-2-9(6-10)7-14-15(22)20-17(25-14)19-11-4-5-12(16(23)24)13(21)8-11/h1-8,21H,(H,23,24)(H,19,20,22)/b14-7-. The lowest BCUT2D eigenvalue weighted by molar-refractivity contribution is -0.115. The molecule has 0 bridgehead atoms. The van der Waals surface area contributed by atoms with Gasteiger partial charge < -0.3 is 15.5 Å². The molecular formula is C17H11BrN2O4S. The Morgan fingerprint density at radius 3 is 2.72 bits per heavy atom. The van der Waals surface area contributed by atoms with E-state index >= 15 is 0 Å². The molecule has 6 nitrogen and oxygen atoms in total. The number of amides is 1. The molecule has 0 radical (unpaired) electrons. The number of nitrogens with zero attached hydrogens (tertiary/aromatic N) is 1. The molecular weight excluding hydrogens is 408 g/mol. The molecule has 1 amide bonds. The van der Waals surface area contributed by atoms with E-state index in [-0.39, 0.29) is 17.2 Å². The number of hydrogen-bond donors (Lipinski definition) is 3. The predicted octanol–water partition coefficient (Wildman–Crippen LogP) is 3.74. The number of aliphatic imine (C=N–C) groups is 1. The second-order valence-electron chi connectivity index (χ2n) is 5.04. The number of aromatic carboxylic acids is 1. The number of carboxylic acid groups (broad SMARTS) is 1. The summed E-state index contributed by atoms with van der Waals surface area (Å²) >= 11 is 4.55. The van der Waals surface area contributed by atoms with Crippen LogP contribution in [0.4, 0.5) is 5.69 Å². The average Bonchev–Trinajstić information content (AvgIpc) is 2.86. The Morgan fingerprint density at radius 1 is 1.24 bits per heavy atom. The van der Waals surface area contributed by atoms with E-state index in [1.165, 1.54) is 30.0 Å². The third-order valence-corrected chi connectivity index (χ3v) is 4.64. The first kappa shape index (κ1) is 17.2. The Hall–Kier alpha value is -2.58. The number of halogens is 1. The van der Waals surface area contributed by atoms with Crippen LogP contribution in [0.15, 0.2) is 56.8 Å². The van der Waals surface area contributed by atoms with Crippen LogP contribution in [0.5, 0.6) is 5.75 Å². The fourth-order valence-corrected chi connectivity index (χ4v) is 3.37. The highest BCUT2D eigenvalue weighted by Crippen LogP contribution is 2.30. The Morgan fingerprint density at radius 2 is 2.04 bits per heavy atom. The van der Waals surface area contributed by atoms with E-state index in [0.29, 0.717) is 15.8 Å². The predicted molar refractivity (Wildman–Crippen MR) is 100 cm³/mol. The van der Waals surface area contributed by atoms with Crippen molar-refractivity contribution in [1.82, 2.24) is 5.32 Å². The van der Waals surface area contributed by atoms with Gasteiger partial charge >= 0.3 is 5.97 Å². The van der Waals surface area contributed by atoms with Crippen LogP contribution in [-0.2, 0) is 4.79 Å². The number of nitrogens with one attached hydrogen (secondary N) is 1. The molecule has 25 heavy (non-hydrogen) atoms. The molecule has 2 aromatic carbocycles. The van der Waals surface area contributed by atoms with Gasteiger partial charge in [-0.2, -0.15) is 0 Å². The normalized spacial score (nSPS) is 17.1. The second kappa shape index (κ2) is 7.12. The van der Waals surface area contributed by atoms with Gasteiger partial charge in [-0.05, 0) is 47.7 Å². The van der Waals surface area contributed by atoms with Crippen molar-refractivity contribution < 1.29 is 19.8 Å². The molecule has 2 aromatic rings. The molecule has 126 valence electrons. The van der Waals surface area contributed by atoms with Crippen molar-refractivity contribution in [3.8, 4) is 5.75 Å². The first-order valence-electron chi connectivity index (χ1n) is 7.04. The van der Waals surface area contributed by atoms with Crippen LogP contribution in [0.2, 0.25) is 0 Å². The summed E-state index contributed by atoms with van der Waals surface area (Å²) in [5.74, 6) is -1.87. The monoisotopic (exact) mass is 418 g/mol. The molecule has 0 saturated carbocycles. The molecule has 1 heterocycles. The third-order valence-electron chi connectivity index (χ3n) is 3.24. The van der Waals surface area contributed by atoms with Gasteiger partial charge in [0.1, 0.15) is 11.3 Å². The van der Waals surface area contributed by atoms with E-state index in [2.05, 4.69) is 26.2 Å². The van der Waals surface area contributed by atoms with Gasteiger partial charge in [-0.25, -0.2) is 9.79 Å². The van der Waals surface area contributed by atoms with Crippen molar-refractivity contribution >= 4 is 56.5 Å². The summed E-state index contributed by atoms with van der Waals surface area (Å²) in [6.07, 6.45) is 1.75. The fraction of sp³-hybridized carbons (Fsp3) is 0. The van der Waals surface area contributed by atoms with Crippen LogP contribution in [-0.4, -0.2) is 27.3 Å². The summed E-state index contributed by atoms with van der Waals surface area (Å²) in [6.45, 7) is 0. The van der Waals surface area contributed by atoms with Gasteiger partial charge in [0.2, 0.25) is 0 Å². The topological polar surface area (TPSA) is 99.0 Å². The van der Waals surface area contributed by atoms with Crippen LogP contribution in [0.25, 0.3) is 6.08 Å². The molecule has 0 aliphatic carbocycles. The number of rotatable bonds is 3. The Labute approximate surface area is 155 Å². The van der Waals surface area contributed by atoms with Crippen molar-refractivity contribution in [1.29, 1.82) is 0 Å². The molecule has 0 spiro atoms. The minimum Gasteiger partial charge on any atom is -0.507 e. The second-order valence-corrected chi connectivity index (χ2v) is 6.99. The van der Waals surface area contributed by atoms with Crippen LogP contribution in [0.3, 0.4) is 0 Å². The largest absolute Gasteiger partial charge is 0.507 e. The quantitative estimate of drug-likeness (QED) is 0.659. The lowest BCUT2D eigenvalue weighted by atomic mass is 10.2. The maximum absolute atomic E-state index is 12.1. The Balaban J connectivity index is 1.83. The summed E-state index contributed by atoms with van der Waals surface area (Å²) in [5.41, 5.74) is 1.01. The molecule has 3 rings (SSSR count). The van der Waals surface area contributed by atoms with Gasteiger partial charge in [0, 0.05) is 10.5 Å². The van der Waals surface area contributed by atoms with Crippen LogP contribution in [0, 0.1) is 0 Å². The van der Waals surface area contributed by atoms with Gasteiger partial charge in [-0.15, -0.1) is 0 Å². The molecule has 8 heteroatoms. The zero-order chi connectivity index (χ0) is 18.0. The zero-order valence-electron chi connectivity index (χ0n) is 12.6. The first-order chi connectivity index (χ1) is 11.9. The Bertz CT molecular complexity index is 940. The number of benzene rings is 2. The summed E-state index contributed by atoms with van der Waals surface area (Å²) in [5, 5.41) is 21.6. The van der Waals surface area contributed by atoms with E-state index < -0.39 is 5.97 Å². The maximum Gasteiger partial charge on any atom is 0.339 e. The lowest BCUT2D eigenvalue weighted by Crippen LogP contribution is -2.19. The van der Waals surface area contributed by atoms with Gasteiger partial charge in [0.05, 0.1) is 10.6 Å². The summed E-state index contributed by atoms with van der Waals surface area (Å²) in [7, 11) is 0. The van der Waals surface area contributed by atoms with Crippen molar-refractivity contribution in [3.63, 3.8) is 0 Å². The molecule has 1 aliphatic heterocycles. The van der Waals surface area contributed by atoms with Gasteiger partial charge in [0.25, 0.3) is 5.91 Å². The van der Waals surface area contributed by atoms with Crippen LogP contribution < -0.4 is 5.32 Å². The first-order valence-corrected chi connectivity index (χ1v) is 8.65. The molecule has 1 saturated heterocycles. The maximum atomic E-state index is 12.1. The van der Waals surface area contributed by atoms with Crippen molar-refractivity contribution in [2.45, 2.75) is 0 Å². The van der Waals surface area contributed by atoms with E-state index in [4.69, 9.17) is 5.11 Å². The molecule has 0 atom stereocenters. The Kier molecular flexibility index (Phi) is 4.91. The summed E-state index contributed by atoms with van der Waals surface area (Å²) in [4.78, 5) is 27.7. The van der Waals surface area contributed by atoms with E-state index in [9.17, 15) is 14.7 Å². The molecule has 0 aromatic heterocycles. The SMILES string of the molecule is O=C1NC(=Nc2ccc(C(=O)O)c(O)c2)S/C1=C\c1cccc(Br)c1. The molecule has 1 fully saturated rings. The van der Waals surface area contributed by atoms with Crippen LogP contribution in [0.1, 0.15) is 15.9 Å². The zero-order valence-corrected chi connectivity index (χ0v) is 15.0. The number of aromatic hydroxyl groups is 1. The summed E-state index contributed by atoms with van der Waals surface area (Å²) < 4.78 is 0.910. The number of phenols is 1. The summed E-state index contributed by atoms with van der Waals surface area (Å²) in [6, 6.07) is 11.5. The van der Waals surface area contributed by atoms with E-state index in [0.717, 1.165) is 10.0 Å². The van der Waals surface area contributed by atoms with Crippen LogP contribution >= 0.6 is 27.7 Å². The average molecular weight is 419 g/mol. The molecule has 3 N–H and O–H groups in total. The van der Waals surface area contributed by atoms with E-state index in [1.807, 2.05) is 24.3 Å². The number of carboxylic acids is 1. The van der Waals surface area contributed by atoms with Gasteiger partial charge in [-0.3, -0.25) is 4.79 Å². The minimum absolute atomic E-state index is 0.206. The number of carbonyl (C=O) groups excluding carboxylic acids is 1. The van der Waals surface area contributed by atoms with Crippen molar-refractivity contribution in [2.75, 3.05) is 0 Å². The minimum atomic E-state index is -1.22. The number of carbonyl (C=O) groups is 2. The van der Waals surface area contributed by atoms with Gasteiger partial charge in [-0.1, -0.05) is 28.1 Å². The highest BCUT2D eigenvalue weighted by molar-refractivity contribution is 9.10. The van der Waals surface area contributed by atoms with Crippen molar-refractivity contribution in [3.05, 3.63) is 63.0 Å². The highest BCUT2D eigenvalue weighted by atomic mass is 79.9. The van der Waals surface area contributed by atoms with Crippen molar-refractivity contribution in [2.24, 2.45) is 4.99 Å². The fourth-order valence-electron chi connectivity index (χ4n) is 2.12. The van der Waals surface area contributed by atoms with Gasteiger partial charge in [0.15, 0.2) is 5.17 Å². The molecule has 0 unspecified atom stereocenters. The number of hydrogen-bond acceptors (Lipinski definition) is 5.